The highest BCUT2D eigenvalue weighted by Gasteiger charge is 2.26. The van der Waals surface area contributed by atoms with Crippen molar-refractivity contribution >= 4 is 28.5 Å². The third-order valence-electron chi connectivity index (χ3n) is 4.87. The lowest BCUT2D eigenvalue weighted by Gasteiger charge is -2.15. The molecule has 0 saturated carbocycles. The van der Waals surface area contributed by atoms with Gasteiger partial charge in [-0.25, -0.2) is 14.4 Å². The van der Waals surface area contributed by atoms with Crippen molar-refractivity contribution in [3.05, 3.63) is 70.4 Å². The minimum atomic E-state index is -1.56. The Morgan fingerprint density at radius 1 is 1.10 bits per heavy atom. The first-order chi connectivity index (χ1) is 13.8. The molecule has 0 bridgehead atoms. The fraction of sp³-hybridized carbons (Fsp3) is 0.190. The Labute approximate surface area is 177 Å². The molecule has 8 heteroatoms. The van der Waals surface area contributed by atoms with E-state index in [9.17, 15) is 9.00 Å². The van der Waals surface area contributed by atoms with Crippen molar-refractivity contribution in [2.45, 2.75) is 18.7 Å². The molecule has 152 valence electrons. The molecule has 0 radical (unpaired) electrons. The van der Waals surface area contributed by atoms with Gasteiger partial charge in [0.1, 0.15) is 11.0 Å². The number of amides is 1. The van der Waals surface area contributed by atoms with Crippen molar-refractivity contribution in [2.75, 3.05) is 14.2 Å². The Morgan fingerprint density at radius 3 is 2.21 bits per heavy atom. The molecule has 2 aromatic carbocycles. The number of halogens is 1. The zero-order valence-electron chi connectivity index (χ0n) is 16.6. The van der Waals surface area contributed by atoms with Gasteiger partial charge in [0.2, 0.25) is 0 Å². The molecule has 1 amide bonds. The minimum absolute atomic E-state index is 0.240. The molecular formula is C21H22ClN3O3S. The lowest BCUT2D eigenvalue weighted by Crippen LogP contribution is -2.26. The maximum Gasteiger partial charge on any atom is 0.279 e. The first kappa shape index (κ1) is 21.3. The van der Waals surface area contributed by atoms with Crippen LogP contribution < -0.4 is 5.14 Å². The predicted octanol–water partition coefficient (Wildman–Crippen LogP) is 4.03. The number of hydrogen-bond donors (Lipinski definition) is 1. The summed E-state index contributed by atoms with van der Waals surface area (Å²) in [6, 6.07) is 14.6. The number of nitrogens with two attached hydrogens (primary N) is 1. The first-order valence-corrected chi connectivity index (χ1v) is 10.4. The van der Waals surface area contributed by atoms with E-state index in [0.717, 1.165) is 28.2 Å². The largest absolute Gasteiger partial charge is 0.313 e. The lowest BCUT2D eigenvalue weighted by molar-refractivity contribution is -0.0757. The maximum atomic E-state index is 13.0. The number of hydrogen-bond acceptors (Lipinski definition) is 3. The van der Waals surface area contributed by atoms with Crippen LogP contribution in [0.5, 0.6) is 0 Å². The molecule has 0 spiro atoms. The number of carbonyl (C=O) groups excluding carboxylic acids is 1. The highest BCUT2D eigenvalue weighted by atomic mass is 35.5. The van der Waals surface area contributed by atoms with Gasteiger partial charge in [-0.15, -0.1) is 0 Å². The summed E-state index contributed by atoms with van der Waals surface area (Å²) in [5, 5.41) is 7.30. The first-order valence-electron chi connectivity index (χ1n) is 8.82. The van der Waals surface area contributed by atoms with Crippen LogP contribution in [0.25, 0.3) is 16.9 Å². The summed E-state index contributed by atoms with van der Waals surface area (Å²) >= 11 is 6.07. The smallest absolute Gasteiger partial charge is 0.279 e. The van der Waals surface area contributed by atoms with E-state index in [2.05, 4.69) is 0 Å². The van der Waals surface area contributed by atoms with Gasteiger partial charge in [-0.3, -0.25) is 9.63 Å². The third kappa shape index (κ3) is 4.00. The number of nitrogens with zero attached hydrogens (tertiary/aromatic N) is 2. The number of rotatable bonds is 5. The molecule has 0 fully saturated rings. The van der Waals surface area contributed by atoms with Crippen molar-refractivity contribution < 1.29 is 13.8 Å². The Kier molecular flexibility index (Phi) is 6.24. The summed E-state index contributed by atoms with van der Waals surface area (Å²) in [7, 11) is 1.47. The number of carbonyl (C=O) groups is 1. The third-order valence-corrected chi connectivity index (χ3v) is 5.86. The summed E-state index contributed by atoms with van der Waals surface area (Å²) in [4.78, 5) is 18.6. The molecule has 29 heavy (non-hydrogen) atoms. The summed E-state index contributed by atoms with van der Waals surface area (Å²) in [6.45, 7) is 3.80. The summed E-state index contributed by atoms with van der Waals surface area (Å²) in [6.07, 6.45) is 0. The second-order valence-corrected chi connectivity index (χ2v) is 8.06. The zero-order chi connectivity index (χ0) is 21.3. The van der Waals surface area contributed by atoms with E-state index in [1.807, 2.05) is 54.8 Å². The molecule has 1 aromatic heterocycles. The van der Waals surface area contributed by atoms with E-state index in [1.54, 1.807) is 19.2 Å². The van der Waals surface area contributed by atoms with Gasteiger partial charge in [-0.2, -0.15) is 0 Å². The van der Waals surface area contributed by atoms with Gasteiger partial charge in [0.05, 0.1) is 23.3 Å². The Bertz CT molecular complexity index is 1080. The van der Waals surface area contributed by atoms with Crippen LogP contribution in [0.1, 0.15) is 21.6 Å². The van der Waals surface area contributed by atoms with Gasteiger partial charge in [-0.1, -0.05) is 23.7 Å². The van der Waals surface area contributed by atoms with E-state index in [1.165, 1.54) is 12.2 Å². The van der Waals surface area contributed by atoms with Crippen LogP contribution >= 0.6 is 11.6 Å². The summed E-state index contributed by atoms with van der Waals surface area (Å²) in [5.74, 6) is -0.240. The Morgan fingerprint density at radius 2 is 1.69 bits per heavy atom. The molecule has 1 atom stereocenters. The predicted molar refractivity (Wildman–Crippen MR) is 115 cm³/mol. The topological polar surface area (TPSA) is 77.6 Å². The van der Waals surface area contributed by atoms with E-state index >= 15 is 0 Å². The van der Waals surface area contributed by atoms with E-state index in [0.29, 0.717) is 15.5 Å². The van der Waals surface area contributed by atoms with Gasteiger partial charge in [0.25, 0.3) is 5.91 Å². The zero-order valence-corrected chi connectivity index (χ0v) is 18.2. The molecular weight excluding hydrogens is 410 g/mol. The Balaban J connectivity index is 2.29. The fourth-order valence-electron chi connectivity index (χ4n) is 3.40. The summed E-state index contributed by atoms with van der Waals surface area (Å²) < 4.78 is 13.5. The standard InChI is InChI=1S/C21H22ClN3O3S/c1-13-19(21(26)24(3)28-4)14(2)25(17-9-11-18(12-10-17)29(23)27)20(13)15-5-7-16(22)8-6-15/h5-12H,23H2,1-4H3. The normalized spacial score (nSPS) is 12.1. The highest BCUT2D eigenvalue weighted by molar-refractivity contribution is 7.82. The van der Waals surface area contributed by atoms with E-state index in [-0.39, 0.29) is 5.91 Å². The molecule has 0 aliphatic carbocycles. The summed E-state index contributed by atoms with van der Waals surface area (Å²) in [5.41, 5.74) is 4.76. The van der Waals surface area contributed by atoms with Crippen molar-refractivity contribution in [1.29, 1.82) is 0 Å². The molecule has 0 aliphatic heterocycles. The van der Waals surface area contributed by atoms with Crippen LogP contribution in [0.4, 0.5) is 0 Å². The molecule has 1 heterocycles. The van der Waals surface area contributed by atoms with Crippen molar-refractivity contribution in [1.82, 2.24) is 9.63 Å². The van der Waals surface area contributed by atoms with Gasteiger partial charge in [0, 0.05) is 23.5 Å². The second-order valence-electron chi connectivity index (χ2n) is 6.55. The van der Waals surface area contributed by atoms with Crippen LogP contribution in [-0.4, -0.2) is 33.9 Å². The molecule has 3 aromatic rings. The highest BCUT2D eigenvalue weighted by Crippen LogP contribution is 2.35. The van der Waals surface area contributed by atoms with Crippen molar-refractivity contribution in [3.63, 3.8) is 0 Å². The van der Waals surface area contributed by atoms with Gasteiger partial charge >= 0.3 is 0 Å². The number of benzene rings is 2. The fourth-order valence-corrected chi connectivity index (χ4v) is 3.93. The molecule has 2 N–H and O–H groups in total. The average molecular weight is 432 g/mol. The molecule has 0 saturated heterocycles. The lowest BCUT2D eigenvalue weighted by atomic mass is 10.0. The van der Waals surface area contributed by atoms with Crippen LogP contribution in [0.2, 0.25) is 5.02 Å². The maximum absolute atomic E-state index is 13.0. The molecule has 1 unspecified atom stereocenters. The van der Waals surface area contributed by atoms with Gasteiger partial charge in [0.15, 0.2) is 0 Å². The van der Waals surface area contributed by atoms with Crippen LogP contribution in [0, 0.1) is 13.8 Å². The van der Waals surface area contributed by atoms with Crippen LogP contribution in [0.15, 0.2) is 53.4 Å². The molecule has 6 nitrogen and oxygen atoms in total. The Hall–Kier alpha value is -2.45. The second kappa shape index (κ2) is 8.51. The van der Waals surface area contributed by atoms with Gasteiger partial charge in [-0.05, 0) is 61.4 Å². The molecule has 3 rings (SSSR count). The number of hydroxylamine groups is 2. The van der Waals surface area contributed by atoms with Crippen molar-refractivity contribution in [2.24, 2.45) is 5.14 Å². The molecule has 0 aliphatic rings. The van der Waals surface area contributed by atoms with E-state index in [4.69, 9.17) is 21.6 Å². The number of aromatic nitrogens is 1. The van der Waals surface area contributed by atoms with E-state index < -0.39 is 11.0 Å². The monoisotopic (exact) mass is 431 g/mol. The van der Waals surface area contributed by atoms with Crippen LogP contribution in [-0.2, 0) is 15.8 Å². The van der Waals surface area contributed by atoms with Gasteiger partial charge < -0.3 is 4.57 Å². The SMILES string of the molecule is CON(C)C(=O)c1c(C)c(-c2ccc(Cl)cc2)n(-c2ccc(S(N)=O)cc2)c1C. The average Bonchev–Trinajstić information content (AvgIpc) is 2.97. The quantitative estimate of drug-likeness (QED) is 0.619. The van der Waals surface area contributed by atoms with Crippen LogP contribution in [0.3, 0.4) is 0 Å². The minimum Gasteiger partial charge on any atom is -0.313 e. The van der Waals surface area contributed by atoms with Crippen molar-refractivity contribution in [3.8, 4) is 16.9 Å².